The van der Waals surface area contributed by atoms with Crippen molar-refractivity contribution in [2.24, 2.45) is 5.92 Å². The number of amides is 1. The van der Waals surface area contributed by atoms with Gasteiger partial charge in [0.25, 0.3) is 0 Å². The first-order chi connectivity index (χ1) is 18.1. The molecule has 1 saturated carbocycles. The van der Waals surface area contributed by atoms with Gasteiger partial charge in [-0.3, -0.25) is 19.9 Å². The first-order valence-electron chi connectivity index (χ1n) is 12.1. The van der Waals surface area contributed by atoms with Gasteiger partial charge in [-0.1, -0.05) is 24.3 Å². The Morgan fingerprint density at radius 3 is 2.62 bits per heavy atom. The van der Waals surface area contributed by atoms with E-state index in [2.05, 4.69) is 36.5 Å². The lowest BCUT2D eigenvalue weighted by Crippen LogP contribution is -2.13. The number of pyridine rings is 2. The van der Waals surface area contributed by atoms with E-state index in [1.165, 1.54) is 12.1 Å². The van der Waals surface area contributed by atoms with Gasteiger partial charge in [-0.15, -0.1) is 0 Å². The van der Waals surface area contributed by atoms with Gasteiger partial charge in [0.1, 0.15) is 11.5 Å². The van der Waals surface area contributed by atoms with Crippen molar-refractivity contribution in [2.75, 3.05) is 5.32 Å². The van der Waals surface area contributed by atoms with Crippen LogP contribution in [0, 0.1) is 11.7 Å². The van der Waals surface area contributed by atoms with Gasteiger partial charge < -0.3 is 10.3 Å². The van der Waals surface area contributed by atoms with Crippen molar-refractivity contribution in [3.05, 3.63) is 85.1 Å². The Labute approximate surface area is 210 Å². The second-order valence-electron chi connectivity index (χ2n) is 9.37. The number of halogens is 1. The molecule has 1 amide bonds. The van der Waals surface area contributed by atoms with Gasteiger partial charge in [0.15, 0.2) is 0 Å². The van der Waals surface area contributed by atoms with Crippen LogP contribution in [0.2, 0.25) is 0 Å². The maximum absolute atomic E-state index is 13.5. The number of nitrogens with zero attached hydrogens (tertiary/aromatic N) is 3. The molecule has 4 aromatic heterocycles. The number of carbonyl (C=O) groups excluding carboxylic acids is 1. The summed E-state index contributed by atoms with van der Waals surface area (Å²) in [7, 11) is 0. The van der Waals surface area contributed by atoms with E-state index in [4.69, 9.17) is 0 Å². The van der Waals surface area contributed by atoms with Crippen LogP contribution in [0.15, 0.2) is 79.3 Å². The molecule has 0 atom stereocenters. The van der Waals surface area contributed by atoms with Crippen LogP contribution < -0.4 is 5.32 Å². The molecular weight excluding hydrogens is 467 g/mol. The predicted octanol–water partition coefficient (Wildman–Crippen LogP) is 6.32. The molecule has 0 unspecified atom stereocenters. The van der Waals surface area contributed by atoms with Gasteiger partial charge >= 0.3 is 0 Å². The highest BCUT2D eigenvalue weighted by atomic mass is 19.1. The number of rotatable bonds is 5. The minimum Gasteiger partial charge on any atom is -0.353 e. The number of aromatic amines is 2. The molecule has 180 valence electrons. The van der Waals surface area contributed by atoms with Gasteiger partial charge in [-0.05, 0) is 60.4 Å². The Bertz CT molecular complexity index is 1800. The van der Waals surface area contributed by atoms with Gasteiger partial charge in [0.05, 0.1) is 35.0 Å². The molecular formula is C29H21FN6O. The van der Waals surface area contributed by atoms with E-state index < -0.39 is 0 Å². The van der Waals surface area contributed by atoms with Gasteiger partial charge in [-0.2, -0.15) is 5.10 Å². The highest BCUT2D eigenvalue weighted by Crippen LogP contribution is 2.35. The molecule has 2 aromatic carbocycles. The normalized spacial score (nSPS) is 13.3. The maximum Gasteiger partial charge on any atom is 0.227 e. The Hall–Kier alpha value is -4.85. The molecule has 7 rings (SSSR count). The van der Waals surface area contributed by atoms with E-state index in [9.17, 15) is 9.18 Å². The lowest BCUT2D eigenvalue weighted by molar-refractivity contribution is -0.117. The molecule has 0 aliphatic heterocycles. The van der Waals surface area contributed by atoms with E-state index in [0.29, 0.717) is 5.69 Å². The highest BCUT2D eigenvalue weighted by molar-refractivity contribution is 6.01. The topological polar surface area (TPSA) is 99.4 Å². The molecule has 0 radical (unpaired) electrons. The lowest BCUT2D eigenvalue weighted by Gasteiger charge is -2.06. The van der Waals surface area contributed by atoms with Crippen LogP contribution in [-0.4, -0.2) is 31.1 Å². The first kappa shape index (κ1) is 21.4. The Morgan fingerprint density at radius 2 is 1.78 bits per heavy atom. The van der Waals surface area contributed by atoms with Crippen molar-refractivity contribution in [3.63, 3.8) is 0 Å². The molecule has 1 aliphatic carbocycles. The zero-order chi connectivity index (χ0) is 24.9. The Balaban J connectivity index is 1.28. The lowest BCUT2D eigenvalue weighted by atomic mass is 10.0. The number of aromatic nitrogens is 5. The molecule has 7 nitrogen and oxygen atoms in total. The third kappa shape index (κ3) is 3.92. The number of anilines is 1. The molecule has 8 heteroatoms. The summed E-state index contributed by atoms with van der Waals surface area (Å²) in [6.45, 7) is 0. The summed E-state index contributed by atoms with van der Waals surface area (Å²) in [5, 5.41) is 12.5. The molecule has 6 aromatic rings. The fourth-order valence-electron chi connectivity index (χ4n) is 4.68. The van der Waals surface area contributed by atoms with E-state index in [-0.39, 0.29) is 17.6 Å². The fraction of sp³-hybridized carbons (Fsp3) is 0.103. The van der Waals surface area contributed by atoms with Crippen LogP contribution in [0.3, 0.4) is 0 Å². The van der Waals surface area contributed by atoms with Crippen LogP contribution >= 0.6 is 0 Å². The van der Waals surface area contributed by atoms with E-state index in [0.717, 1.165) is 68.4 Å². The quantitative estimate of drug-likeness (QED) is 0.264. The van der Waals surface area contributed by atoms with Crippen molar-refractivity contribution >= 4 is 33.4 Å². The second kappa shape index (κ2) is 8.37. The highest BCUT2D eigenvalue weighted by Gasteiger charge is 2.29. The van der Waals surface area contributed by atoms with Crippen LogP contribution in [0.5, 0.6) is 0 Å². The van der Waals surface area contributed by atoms with Crippen molar-refractivity contribution < 1.29 is 9.18 Å². The molecule has 1 fully saturated rings. The number of hydrogen-bond donors (Lipinski definition) is 3. The van der Waals surface area contributed by atoms with Crippen LogP contribution in [0.4, 0.5) is 10.1 Å². The van der Waals surface area contributed by atoms with Crippen LogP contribution in [-0.2, 0) is 4.79 Å². The molecule has 37 heavy (non-hydrogen) atoms. The number of hydrogen-bond acceptors (Lipinski definition) is 4. The third-order valence-electron chi connectivity index (χ3n) is 6.77. The van der Waals surface area contributed by atoms with Crippen LogP contribution in [0.1, 0.15) is 12.8 Å². The molecule has 0 bridgehead atoms. The smallest absolute Gasteiger partial charge is 0.227 e. The Morgan fingerprint density at radius 1 is 0.919 bits per heavy atom. The van der Waals surface area contributed by atoms with E-state index in [1.54, 1.807) is 30.7 Å². The van der Waals surface area contributed by atoms with Crippen LogP contribution in [0.25, 0.3) is 55.6 Å². The summed E-state index contributed by atoms with van der Waals surface area (Å²) >= 11 is 0. The monoisotopic (exact) mass is 488 g/mol. The SMILES string of the molecule is O=C(Nc1cncc(-c2cc3c(-c4cc5c(-c6ccc(F)cc6)cccc5[nH]4)n[nH]c3cn2)c1)C1CC1. The largest absolute Gasteiger partial charge is 0.353 e. The maximum atomic E-state index is 13.5. The average molecular weight is 489 g/mol. The summed E-state index contributed by atoms with van der Waals surface area (Å²) in [6.07, 6.45) is 7.02. The molecule has 0 saturated heterocycles. The summed E-state index contributed by atoms with van der Waals surface area (Å²) in [6, 6.07) is 18.5. The predicted molar refractivity (Wildman–Crippen MR) is 141 cm³/mol. The third-order valence-corrected chi connectivity index (χ3v) is 6.77. The number of H-pyrrole nitrogens is 2. The zero-order valence-electron chi connectivity index (χ0n) is 19.6. The minimum absolute atomic E-state index is 0.0401. The summed E-state index contributed by atoms with van der Waals surface area (Å²) in [5.74, 6) is -0.103. The Kier molecular flexibility index (Phi) is 4.85. The average Bonchev–Trinajstić information content (AvgIpc) is 3.55. The number of carbonyl (C=O) groups is 1. The summed E-state index contributed by atoms with van der Waals surface area (Å²) < 4.78 is 13.5. The van der Waals surface area contributed by atoms with Crippen molar-refractivity contribution in [2.45, 2.75) is 12.8 Å². The number of nitrogens with one attached hydrogen (secondary N) is 3. The standard InChI is InChI=1S/C29H21FN6O/c30-19-8-6-16(7-9-19)21-2-1-3-24-22(21)11-26(34-24)28-23-12-25(32-15-27(23)35-36-28)18-10-20(14-31-13-18)33-29(37)17-4-5-17/h1-3,6-15,17,34H,4-5H2,(H,33,37)(H,35,36). The van der Waals surface area contributed by atoms with Crippen molar-refractivity contribution in [3.8, 4) is 33.8 Å². The number of fused-ring (bicyclic) bond motifs is 2. The summed E-state index contributed by atoms with van der Waals surface area (Å²) in [4.78, 5) is 24.6. The zero-order valence-corrected chi connectivity index (χ0v) is 19.6. The molecule has 1 aliphatic rings. The van der Waals surface area contributed by atoms with Gasteiger partial charge in [0.2, 0.25) is 5.91 Å². The minimum atomic E-state index is -0.260. The second-order valence-corrected chi connectivity index (χ2v) is 9.37. The van der Waals surface area contributed by atoms with E-state index >= 15 is 0 Å². The van der Waals surface area contributed by atoms with Crippen molar-refractivity contribution in [1.82, 2.24) is 25.1 Å². The van der Waals surface area contributed by atoms with E-state index in [1.807, 2.05) is 30.3 Å². The van der Waals surface area contributed by atoms with Gasteiger partial charge in [-0.25, -0.2) is 4.39 Å². The molecule has 3 N–H and O–H groups in total. The number of benzene rings is 2. The molecule has 0 spiro atoms. The van der Waals surface area contributed by atoms with Crippen molar-refractivity contribution in [1.29, 1.82) is 0 Å². The molecule has 4 heterocycles. The first-order valence-corrected chi connectivity index (χ1v) is 12.1. The fourth-order valence-corrected chi connectivity index (χ4v) is 4.68. The summed E-state index contributed by atoms with van der Waals surface area (Å²) in [5.41, 5.74) is 7.55. The van der Waals surface area contributed by atoms with Gasteiger partial charge in [0, 0.05) is 34.0 Å².